The molecule has 1 aliphatic rings. The van der Waals surface area contributed by atoms with E-state index in [1.807, 2.05) is 37.3 Å². The molecule has 0 radical (unpaired) electrons. The SMILES string of the molecule is CC1CN([C@@H](CO)c2ccccc2)S(=O)(=O)C1. The van der Waals surface area contributed by atoms with E-state index in [2.05, 4.69) is 0 Å². The van der Waals surface area contributed by atoms with Crippen molar-refractivity contribution >= 4 is 10.0 Å². The lowest BCUT2D eigenvalue weighted by Crippen LogP contribution is -2.32. The van der Waals surface area contributed by atoms with Gasteiger partial charge in [0.25, 0.3) is 0 Å². The van der Waals surface area contributed by atoms with Crippen molar-refractivity contribution in [3.05, 3.63) is 35.9 Å². The third-order valence-electron chi connectivity index (χ3n) is 3.05. The number of rotatable bonds is 3. The van der Waals surface area contributed by atoms with Crippen molar-refractivity contribution in [3.8, 4) is 0 Å². The van der Waals surface area contributed by atoms with Gasteiger partial charge >= 0.3 is 0 Å². The van der Waals surface area contributed by atoms with Gasteiger partial charge in [-0.1, -0.05) is 37.3 Å². The summed E-state index contributed by atoms with van der Waals surface area (Å²) in [5, 5.41) is 9.45. The highest BCUT2D eigenvalue weighted by molar-refractivity contribution is 7.89. The van der Waals surface area contributed by atoms with Crippen LogP contribution in [0.15, 0.2) is 30.3 Å². The predicted octanol–water partition coefficient (Wildman–Crippen LogP) is 1.00. The fraction of sp³-hybridized carbons (Fsp3) is 0.500. The molecule has 2 atom stereocenters. The maximum absolute atomic E-state index is 12.0. The van der Waals surface area contributed by atoms with Crippen LogP contribution in [0, 0.1) is 5.92 Å². The van der Waals surface area contributed by atoms with Gasteiger partial charge in [0.15, 0.2) is 0 Å². The van der Waals surface area contributed by atoms with Crippen molar-refractivity contribution in [2.24, 2.45) is 5.92 Å². The second-order valence-corrected chi connectivity index (χ2v) is 6.53. The zero-order valence-corrected chi connectivity index (χ0v) is 10.6. The Morgan fingerprint density at radius 2 is 2.06 bits per heavy atom. The van der Waals surface area contributed by atoms with E-state index in [0.717, 1.165) is 5.56 Å². The summed E-state index contributed by atoms with van der Waals surface area (Å²) < 4.78 is 25.3. The summed E-state index contributed by atoms with van der Waals surface area (Å²) in [7, 11) is -3.22. The fourth-order valence-electron chi connectivity index (χ4n) is 2.29. The molecular weight excluding hydrogens is 238 g/mol. The Hall–Kier alpha value is -0.910. The number of aliphatic hydroxyl groups excluding tert-OH is 1. The van der Waals surface area contributed by atoms with Crippen molar-refractivity contribution in [2.45, 2.75) is 13.0 Å². The van der Waals surface area contributed by atoms with E-state index in [0.29, 0.717) is 6.54 Å². The number of hydrogen-bond acceptors (Lipinski definition) is 3. The van der Waals surface area contributed by atoms with Crippen LogP contribution in [0.5, 0.6) is 0 Å². The summed E-state index contributed by atoms with van der Waals surface area (Å²) in [6.07, 6.45) is 0. The minimum absolute atomic E-state index is 0.123. The van der Waals surface area contributed by atoms with Crippen molar-refractivity contribution < 1.29 is 13.5 Å². The van der Waals surface area contributed by atoms with E-state index in [1.165, 1.54) is 4.31 Å². The Morgan fingerprint density at radius 3 is 2.53 bits per heavy atom. The zero-order valence-electron chi connectivity index (χ0n) is 9.78. The highest BCUT2D eigenvalue weighted by Crippen LogP contribution is 2.30. The molecule has 1 aromatic carbocycles. The fourth-order valence-corrected chi connectivity index (χ4v) is 4.36. The van der Waals surface area contributed by atoms with Gasteiger partial charge in [-0.2, -0.15) is 4.31 Å². The third kappa shape index (κ3) is 2.51. The standard InChI is InChI=1S/C12H17NO3S/c1-10-7-13(17(15,16)9-10)12(8-14)11-5-3-2-4-6-11/h2-6,10,12,14H,7-9H2,1H3/t10?,12-/m0/s1. The summed E-state index contributed by atoms with van der Waals surface area (Å²) in [6.45, 7) is 2.22. The molecule has 0 saturated carbocycles. The molecule has 1 fully saturated rings. The lowest BCUT2D eigenvalue weighted by atomic mass is 10.1. The first-order chi connectivity index (χ1) is 8.04. The second-order valence-electron chi connectivity index (χ2n) is 4.56. The van der Waals surface area contributed by atoms with Crippen molar-refractivity contribution in [2.75, 3.05) is 18.9 Å². The Balaban J connectivity index is 2.32. The maximum atomic E-state index is 12.0. The Morgan fingerprint density at radius 1 is 1.41 bits per heavy atom. The van der Waals surface area contributed by atoms with Crippen LogP contribution in [-0.4, -0.2) is 36.7 Å². The highest BCUT2D eigenvalue weighted by atomic mass is 32.2. The first kappa shape index (κ1) is 12.5. The molecule has 17 heavy (non-hydrogen) atoms. The minimum Gasteiger partial charge on any atom is -0.394 e. The summed E-state index contributed by atoms with van der Waals surface area (Å²) in [4.78, 5) is 0. The molecule has 5 heteroatoms. The van der Waals surface area contributed by atoms with Gasteiger partial charge < -0.3 is 5.11 Å². The highest BCUT2D eigenvalue weighted by Gasteiger charge is 2.38. The number of benzene rings is 1. The molecule has 0 amide bonds. The maximum Gasteiger partial charge on any atom is 0.215 e. The minimum atomic E-state index is -3.22. The normalized spacial score (nSPS) is 25.9. The van der Waals surface area contributed by atoms with Crippen molar-refractivity contribution in [1.82, 2.24) is 4.31 Å². The van der Waals surface area contributed by atoms with Gasteiger partial charge in [-0.15, -0.1) is 0 Å². The summed E-state index contributed by atoms with van der Waals surface area (Å²) >= 11 is 0. The molecule has 2 rings (SSSR count). The molecule has 0 aliphatic carbocycles. The van der Waals surface area contributed by atoms with E-state index in [4.69, 9.17) is 0 Å². The molecule has 0 aromatic heterocycles. The van der Waals surface area contributed by atoms with Crippen LogP contribution in [0.3, 0.4) is 0 Å². The molecule has 0 bridgehead atoms. The molecule has 1 unspecified atom stereocenters. The lowest BCUT2D eigenvalue weighted by Gasteiger charge is -2.25. The van der Waals surface area contributed by atoms with Crippen LogP contribution in [0.1, 0.15) is 18.5 Å². The number of aliphatic hydroxyl groups is 1. The average molecular weight is 255 g/mol. The molecule has 1 saturated heterocycles. The summed E-state index contributed by atoms with van der Waals surface area (Å²) in [5.41, 5.74) is 0.840. The molecular formula is C12H17NO3S. The number of nitrogens with zero attached hydrogens (tertiary/aromatic N) is 1. The van der Waals surface area contributed by atoms with E-state index in [9.17, 15) is 13.5 Å². The molecule has 94 valence electrons. The first-order valence-corrected chi connectivity index (χ1v) is 7.31. The van der Waals surface area contributed by atoms with Gasteiger partial charge in [-0.25, -0.2) is 8.42 Å². The van der Waals surface area contributed by atoms with Crippen LogP contribution in [0.25, 0.3) is 0 Å². The molecule has 1 aromatic rings. The van der Waals surface area contributed by atoms with Crippen LogP contribution in [-0.2, 0) is 10.0 Å². The quantitative estimate of drug-likeness (QED) is 0.876. The Bertz CT molecular complexity index is 472. The van der Waals surface area contributed by atoms with Crippen molar-refractivity contribution in [1.29, 1.82) is 0 Å². The number of sulfonamides is 1. The molecule has 0 spiro atoms. The lowest BCUT2D eigenvalue weighted by molar-refractivity contribution is 0.189. The molecule has 4 nitrogen and oxygen atoms in total. The monoisotopic (exact) mass is 255 g/mol. The van der Waals surface area contributed by atoms with E-state index in [-0.39, 0.29) is 18.3 Å². The Labute approximate surface area is 102 Å². The molecule has 1 N–H and O–H groups in total. The zero-order chi connectivity index (χ0) is 12.5. The smallest absolute Gasteiger partial charge is 0.215 e. The van der Waals surface area contributed by atoms with Gasteiger partial charge in [-0.3, -0.25) is 0 Å². The van der Waals surface area contributed by atoms with E-state index in [1.54, 1.807) is 0 Å². The summed E-state index contributed by atoms with van der Waals surface area (Å²) in [6, 6.07) is 8.82. The van der Waals surface area contributed by atoms with Gasteiger partial charge in [0.2, 0.25) is 10.0 Å². The van der Waals surface area contributed by atoms with Crippen LogP contribution in [0.4, 0.5) is 0 Å². The van der Waals surface area contributed by atoms with Gasteiger partial charge in [-0.05, 0) is 11.5 Å². The van der Waals surface area contributed by atoms with Crippen LogP contribution in [0.2, 0.25) is 0 Å². The van der Waals surface area contributed by atoms with Gasteiger partial charge in [0.05, 0.1) is 18.4 Å². The Kier molecular flexibility index (Phi) is 3.51. The average Bonchev–Trinajstić information content (AvgIpc) is 2.55. The number of hydrogen-bond donors (Lipinski definition) is 1. The van der Waals surface area contributed by atoms with Gasteiger partial charge in [0.1, 0.15) is 0 Å². The third-order valence-corrected chi connectivity index (χ3v) is 5.16. The molecule has 1 aliphatic heterocycles. The van der Waals surface area contributed by atoms with Crippen LogP contribution < -0.4 is 0 Å². The summed E-state index contributed by atoms with van der Waals surface area (Å²) in [5.74, 6) is 0.300. The second kappa shape index (κ2) is 4.76. The predicted molar refractivity (Wildman–Crippen MR) is 65.9 cm³/mol. The van der Waals surface area contributed by atoms with Gasteiger partial charge in [0, 0.05) is 6.54 Å². The topological polar surface area (TPSA) is 57.6 Å². The van der Waals surface area contributed by atoms with Crippen LogP contribution >= 0.6 is 0 Å². The van der Waals surface area contributed by atoms with Crippen molar-refractivity contribution in [3.63, 3.8) is 0 Å². The van der Waals surface area contributed by atoms with E-state index >= 15 is 0 Å². The van der Waals surface area contributed by atoms with E-state index < -0.39 is 16.1 Å². The largest absolute Gasteiger partial charge is 0.394 e. The molecule has 1 heterocycles. The first-order valence-electron chi connectivity index (χ1n) is 5.70.